The molecule has 6 heteroatoms. The third kappa shape index (κ3) is 3.69. The first-order valence-corrected chi connectivity index (χ1v) is 9.23. The van der Waals surface area contributed by atoms with Crippen molar-refractivity contribution in [3.05, 3.63) is 60.3 Å². The zero-order valence-corrected chi connectivity index (χ0v) is 15.3. The van der Waals surface area contributed by atoms with E-state index in [1.807, 2.05) is 66.6 Å². The number of ether oxygens (including phenoxy) is 1. The lowest BCUT2D eigenvalue weighted by molar-refractivity contribution is 0.0746. The number of anilines is 1. The fourth-order valence-corrected chi connectivity index (χ4v) is 3.28. The van der Waals surface area contributed by atoms with Crippen molar-refractivity contribution in [2.24, 2.45) is 0 Å². The molecule has 1 aliphatic heterocycles. The van der Waals surface area contributed by atoms with Crippen molar-refractivity contribution in [1.82, 2.24) is 14.9 Å². The number of hydrogen-bond donors (Lipinski definition) is 0. The molecule has 0 radical (unpaired) electrons. The molecule has 1 amide bonds. The van der Waals surface area contributed by atoms with Gasteiger partial charge in [0.2, 0.25) is 0 Å². The van der Waals surface area contributed by atoms with E-state index < -0.39 is 0 Å². The molecule has 0 saturated carbocycles. The number of amides is 1. The Labute approximate surface area is 158 Å². The summed E-state index contributed by atoms with van der Waals surface area (Å²) in [4.78, 5) is 26.0. The molecule has 4 rings (SSSR count). The topological polar surface area (TPSA) is 58.6 Å². The monoisotopic (exact) mass is 362 g/mol. The van der Waals surface area contributed by atoms with Gasteiger partial charge >= 0.3 is 0 Å². The Morgan fingerprint density at radius 2 is 1.70 bits per heavy atom. The van der Waals surface area contributed by atoms with Crippen LogP contribution in [-0.4, -0.2) is 53.6 Å². The van der Waals surface area contributed by atoms with E-state index in [-0.39, 0.29) is 5.91 Å². The first kappa shape index (κ1) is 17.3. The maximum atomic E-state index is 12.7. The molecule has 1 saturated heterocycles. The maximum Gasteiger partial charge on any atom is 0.253 e. The molecule has 0 unspecified atom stereocenters. The summed E-state index contributed by atoms with van der Waals surface area (Å²) in [7, 11) is 0. The maximum absolute atomic E-state index is 12.7. The van der Waals surface area contributed by atoms with E-state index in [0.29, 0.717) is 25.3 Å². The highest BCUT2D eigenvalue weighted by molar-refractivity contribution is 5.94. The number of hydrogen-bond acceptors (Lipinski definition) is 5. The van der Waals surface area contributed by atoms with E-state index >= 15 is 0 Å². The number of nitrogens with zero attached hydrogens (tertiary/aromatic N) is 4. The van der Waals surface area contributed by atoms with E-state index in [1.165, 1.54) is 0 Å². The van der Waals surface area contributed by atoms with Crippen LogP contribution in [0.1, 0.15) is 17.3 Å². The van der Waals surface area contributed by atoms with Crippen molar-refractivity contribution in [1.29, 1.82) is 0 Å². The van der Waals surface area contributed by atoms with Gasteiger partial charge in [0.15, 0.2) is 0 Å². The van der Waals surface area contributed by atoms with Crippen LogP contribution >= 0.6 is 0 Å². The Balaban J connectivity index is 1.41. The standard InChI is InChI=1S/C21H22N4O2/c1-2-27-17-9-7-16(8-10-17)21(26)25-13-11-24(12-14-25)20-15-22-18-5-3-4-6-19(18)23-20/h3-10,15H,2,11-14H2,1H3. The summed E-state index contributed by atoms with van der Waals surface area (Å²) in [5.74, 6) is 1.71. The third-order valence-corrected chi connectivity index (χ3v) is 4.74. The van der Waals surface area contributed by atoms with Gasteiger partial charge in [-0.1, -0.05) is 12.1 Å². The molecule has 138 valence electrons. The van der Waals surface area contributed by atoms with Crippen molar-refractivity contribution < 1.29 is 9.53 Å². The van der Waals surface area contributed by atoms with Gasteiger partial charge in [0.25, 0.3) is 5.91 Å². The summed E-state index contributed by atoms with van der Waals surface area (Å²) in [6.45, 7) is 5.39. The summed E-state index contributed by atoms with van der Waals surface area (Å²) in [6.07, 6.45) is 1.81. The van der Waals surface area contributed by atoms with Crippen molar-refractivity contribution in [3.63, 3.8) is 0 Å². The predicted octanol–water partition coefficient (Wildman–Crippen LogP) is 2.99. The number of aromatic nitrogens is 2. The van der Waals surface area contributed by atoms with Crippen molar-refractivity contribution in [2.75, 3.05) is 37.7 Å². The van der Waals surface area contributed by atoms with Crippen LogP contribution in [0.15, 0.2) is 54.7 Å². The Hall–Kier alpha value is -3.15. The van der Waals surface area contributed by atoms with Gasteiger partial charge in [-0.2, -0.15) is 0 Å². The zero-order chi connectivity index (χ0) is 18.6. The fraction of sp³-hybridized carbons (Fsp3) is 0.286. The number of carbonyl (C=O) groups is 1. The number of para-hydroxylation sites is 2. The smallest absolute Gasteiger partial charge is 0.253 e. The van der Waals surface area contributed by atoms with E-state index in [2.05, 4.69) is 9.88 Å². The fourth-order valence-electron chi connectivity index (χ4n) is 3.28. The Bertz CT molecular complexity index is 934. The Morgan fingerprint density at radius 3 is 2.41 bits per heavy atom. The van der Waals surface area contributed by atoms with Gasteiger partial charge in [0.05, 0.1) is 23.8 Å². The summed E-state index contributed by atoms with van der Waals surface area (Å²) < 4.78 is 5.44. The van der Waals surface area contributed by atoms with Crippen LogP contribution < -0.4 is 9.64 Å². The second kappa shape index (κ2) is 7.61. The minimum absolute atomic E-state index is 0.0577. The minimum Gasteiger partial charge on any atom is -0.494 e. The van der Waals surface area contributed by atoms with Crippen LogP contribution in [0.4, 0.5) is 5.82 Å². The minimum atomic E-state index is 0.0577. The lowest BCUT2D eigenvalue weighted by Crippen LogP contribution is -2.49. The molecule has 0 atom stereocenters. The van der Waals surface area contributed by atoms with Gasteiger partial charge in [0, 0.05) is 31.7 Å². The molecule has 0 bridgehead atoms. The van der Waals surface area contributed by atoms with Crippen LogP contribution in [0.2, 0.25) is 0 Å². The number of carbonyl (C=O) groups excluding carboxylic acids is 1. The molecule has 2 aromatic carbocycles. The summed E-state index contributed by atoms with van der Waals surface area (Å²) in [5.41, 5.74) is 2.48. The highest BCUT2D eigenvalue weighted by Crippen LogP contribution is 2.19. The van der Waals surface area contributed by atoms with Crippen LogP contribution in [0.25, 0.3) is 11.0 Å². The van der Waals surface area contributed by atoms with Crippen LogP contribution in [-0.2, 0) is 0 Å². The average Bonchev–Trinajstić information content (AvgIpc) is 2.74. The Morgan fingerprint density at radius 1 is 1.00 bits per heavy atom. The number of piperazine rings is 1. The normalized spacial score (nSPS) is 14.4. The zero-order valence-electron chi connectivity index (χ0n) is 15.3. The van der Waals surface area contributed by atoms with Crippen LogP contribution in [0.5, 0.6) is 5.75 Å². The quantitative estimate of drug-likeness (QED) is 0.714. The summed E-state index contributed by atoms with van der Waals surface area (Å²) in [5, 5.41) is 0. The van der Waals surface area contributed by atoms with Gasteiger partial charge < -0.3 is 14.5 Å². The van der Waals surface area contributed by atoms with Gasteiger partial charge in [-0.05, 0) is 43.3 Å². The molecule has 3 aromatic rings. The Kier molecular flexibility index (Phi) is 4.87. The summed E-state index contributed by atoms with van der Waals surface area (Å²) >= 11 is 0. The second-order valence-corrected chi connectivity index (χ2v) is 6.45. The second-order valence-electron chi connectivity index (χ2n) is 6.45. The molecule has 0 spiro atoms. The molecule has 0 aliphatic carbocycles. The molecular weight excluding hydrogens is 340 g/mol. The van der Waals surface area contributed by atoms with Crippen LogP contribution in [0, 0.1) is 0 Å². The lowest BCUT2D eigenvalue weighted by atomic mass is 10.1. The lowest BCUT2D eigenvalue weighted by Gasteiger charge is -2.35. The van der Waals surface area contributed by atoms with Crippen molar-refractivity contribution >= 4 is 22.8 Å². The third-order valence-electron chi connectivity index (χ3n) is 4.74. The van der Waals surface area contributed by atoms with Crippen molar-refractivity contribution in [3.8, 4) is 5.75 Å². The number of benzene rings is 2. The van der Waals surface area contributed by atoms with E-state index in [9.17, 15) is 4.79 Å². The van der Waals surface area contributed by atoms with E-state index in [0.717, 1.165) is 35.7 Å². The highest BCUT2D eigenvalue weighted by atomic mass is 16.5. The largest absolute Gasteiger partial charge is 0.494 e. The van der Waals surface area contributed by atoms with Gasteiger partial charge in [0.1, 0.15) is 11.6 Å². The summed E-state index contributed by atoms with van der Waals surface area (Å²) in [6, 6.07) is 15.2. The molecule has 1 aliphatic rings. The molecule has 0 N–H and O–H groups in total. The molecule has 2 heterocycles. The number of rotatable bonds is 4. The van der Waals surface area contributed by atoms with Gasteiger partial charge in [-0.15, -0.1) is 0 Å². The SMILES string of the molecule is CCOc1ccc(C(=O)N2CCN(c3cnc4ccccc4n3)CC2)cc1. The molecule has 1 fully saturated rings. The molecule has 1 aromatic heterocycles. The van der Waals surface area contributed by atoms with E-state index in [1.54, 1.807) is 0 Å². The molecule has 6 nitrogen and oxygen atoms in total. The van der Waals surface area contributed by atoms with Crippen molar-refractivity contribution in [2.45, 2.75) is 6.92 Å². The molecular formula is C21H22N4O2. The van der Waals surface area contributed by atoms with Crippen LogP contribution in [0.3, 0.4) is 0 Å². The molecule has 27 heavy (non-hydrogen) atoms. The first-order valence-electron chi connectivity index (χ1n) is 9.23. The van der Waals surface area contributed by atoms with Gasteiger partial charge in [-0.3, -0.25) is 9.78 Å². The average molecular weight is 362 g/mol. The number of fused-ring (bicyclic) bond motifs is 1. The van der Waals surface area contributed by atoms with E-state index in [4.69, 9.17) is 9.72 Å². The first-order chi connectivity index (χ1) is 13.2. The van der Waals surface area contributed by atoms with Gasteiger partial charge in [-0.25, -0.2) is 4.98 Å². The predicted molar refractivity (Wildman–Crippen MR) is 105 cm³/mol. The highest BCUT2D eigenvalue weighted by Gasteiger charge is 2.23.